The number of carbonyl (C=O) groups excluding carboxylic acids is 2. The lowest BCUT2D eigenvalue weighted by molar-refractivity contribution is 0.0651. The van der Waals surface area contributed by atoms with Gasteiger partial charge >= 0.3 is 5.69 Å². The number of H-pyrrole nitrogens is 1. The minimum absolute atomic E-state index is 0.271. The number of aromatic amines is 1. The first kappa shape index (κ1) is 15.0. The second-order valence-corrected chi connectivity index (χ2v) is 5.32. The number of benzene rings is 1. The third-order valence-electron chi connectivity index (χ3n) is 3.81. The third kappa shape index (κ3) is 2.85. The first-order valence-corrected chi connectivity index (χ1v) is 7.33. The van der Waals surface area contributed by atoms with Crippen LogP contribution in [0.25, 0.3) is 0 Å². The van der Waals surface area contributed by atoms with Crippen LogP contribution >= 0.6 is 0 Å². The minimum Gasteiger partial charge on any atom is -0.301 e. The van der Waals surface area contributed by atoms with Gasteiger partial charge in [0.25, 0.3) is 17.4 Å². The van der Waals surface area contributed by atoms with Crippen LogP contribution in [0.4, 0.5) is 0 Å². The second-order valence-electron chi connectivity index (χ2n) is 5.32. The lowest BCUT2D eigenvalue weighted by Crippen LogP contribution is -2.31. The number of nitrogens with zero attached hydrogens (tertiary/aromatic N) is 2. The molecule has 7 heteroatoms. The molecule has 0 fully saturated rings. The number of unbranched alkanes of at least 4 members (excludes halogenated alkanes) is 1. The van der Waals surface area contributed by atoms with Crippen LogP contribution in [0, 0.1) is 0 Å². The van der Waals surface area contributed by atoms with Gasteiger partial charge in [-0.1, -0.05) is 12.1 Å². The topological polar surface area (TPSA) is 92.2 Å². The van der Waals surface area contributed by atoms with E-state index in [0.717, 1.165) is 0 Å². The second kappa shape index (κ2) is 6.04. The van der Waals surface area contributed by atoms with Crippen molar-refractivity contribution in [3.05, 3.63) is 68.5 Å². The van der Waals surface area contributed by atoms with Crippen LogP contribution in [0.1, 0.15) is 33.6 Å². The molecule has 1 aromatic heterocycles. The predicted octanol–water partition coefficient (Wildman–Crippen LogP) is 0.613. The maximum Gasteiger partial charge on any atom is 0.328 e. The van der Waals surface area contributed by atoms with E-state index in [-0.39, 0.29) is 11.8 Å². The average molecular weight is 313 g/mol. The average Bonchev–Trinajstić information content (AvgIpc) is 2.78. The molecule has 1 N–H and O–H groups in total. The molecule has 0 spiro atoms. The molecule has 2 heterocycles. The molecule has 0 unspecified atom stereocenters. The van der Waals surface area contributed by atoms with Crippen molar-refractivity contribution in [2.75, 3.05) is 6.54 Å². The molecular formula is C16H15N3O4. The van der Waals surface area contributed by atoms with Gasteiger partial charge in [0.15, 0.2) is 0 Å². The minimum atomic E-state index is -0.460. The Morgan fingerprint density at radius 1 is 0.826 bits per heavy atom. The van der Waals surface area contributed by atoms with Gasteiger partial charge in [-0.25, -0.2) is 4.79 Å². The van der Waals surface area contributed by atoms with Crippen LogP contribution in [0.5, 0.6) is 0 Å². The number of fused-ring (bicyclic) bond motifs is 1. The number of hydrogen-bond donors (Lipinski definition) is 1. The van der Waals surface area contributed by atoms with Gasteiger partial charge in [-0.3, -0.25) is 24.3 Å². The summed E-state index contributed by atoms with van der Waals surface area (Å²) in [7, 11) is 0. The summed E-state index contributed by atoms with van der Waals surface area (Å²) in [6.45, 7) is 0.725. The highest BCUT2D eigenvalue weighted by Crippen LogP contribution is 2.22. The van der Waals surface area contributed by atoms with E-state index in [1.165, 1.54) is 21.7 Å². The summed E-state index contributed by atoms with van der Waals surface area (Å²) in [6, 6.07) is 8.04. The molecule has 118 valence electrons. The van der Waals surface area contributed by atoms with Crippen LogP contribution < -0.4 is 11.2 Å². The third-order valence-corrected chi connectivity index (χ3v) is 3.81. The zero-order chi connectivity index (χ0) is 16.4. The van der Waals surface area contributed by atoms with E-state index in [1.807, 2.05) is 0 Å². The van der Waals surface area contributed by atoms with E-state index in [1.54, 1.807) is 24.3 Å². The molecular weight excluding hydrogens is 298 g/mol. The maximum absolute atomic E-state index is 12.2. The molecule has 1 aromatic carbocycles. The summed E-state index contributed by atoms with van der Waals surface area (Å²) in [4.78, 5) is 50.3. The van der Waals surface area contributed by atoms with E-state index in [2.05, 4.69) is 4.98 Å². The van der Waals surface area contributed by atoms with Crippen molar-refractivity contribution in [2.45, 2.75) is 19.4 Å². The van der Waals surface area contributed by atoms with E-state index >= 15 is 0 Å². The Bertz CT molecular complexity index is 846. The molecule has 2 amide bonds. The fourth-order valence-electron chi connectivity index (χ4n) is 2.61. The molecule has 3 rings (SSSR count). The first-order valence-electron chi connectivity index (χ1n) is 7.33. The molecule has 0 aliphatic carbocycles. The number of rotatable bonds is 5. The van der Waals surface area contributed by atoms with Gasteiger partial charge in [0.05, 0.1) is 11.1 Å². The predicted molar refractivity (Wildman–Crippen MR) is 82.4 cm³/mol. The van der Waals surface area contributed by atoms with Gasteiger partial charge in [-0.15, -0.1) is 0 Å². The number of carbonyl (C=O) groups is 2. The van der Waals surface area contributed by atoms with Gasteiger partial charge in [-0.2, -0.15) is 0 Å². The van der Waals surface area contributed by atoms with E-state index in [0.29, 0.717) is 37.1 Å². The summed E-state index contributed by atoms with van der Waals surface area (Å²) in [6.07, 6.45) is 2.62. The van der Waals surface area contributed by atoms with Crippen LogP contribution in [0.15, 0.2) is 46.1 Å². The normalized spacial score (nSPS) is 13.5. The summed E-state index contributed by atoms with van der Waals surface area (Å²) in [5.74, 6) is -0.543. The number of imide groups is 1. The monoisotopic (exact) mass is 313 g/mol. The molecule has 1 aliphatic rings. The number of nitrogens with one attached hydrogen (secondary N) is 1. The van der Waals surface area contributed by atoms with Crippen LogP contribution in [-0.2, 0) is 6.54 Å². The highest BCUT2D eigenvalue weighted by atomic mass is 16.2. The largest absolute Gasteiger partial charge is 0.328 e. The number of aromatic nitrogens is 2. The standard InChI is InChI=1S/C16H15N3O4/c20-13-7-10-18(16(23)17-13)8-3-4-9-19-14(21)11-5-1-2-6-12(11)15(19)22/h1-2,5-7,10H,3-4,8-9H2,(H,17,20,23). The molecule has 2 aromatic rings. The smallest absolute Gasteiger partial charge is 0.301 e. The molecule has 0 radical (unpaired) electrons. The molecule has 1 aliphatic heterocycles. The summed E-state index contributed by atoms with van der Waals surface area (Å²) in [5.41, 5.74) is -0.0146. The zero-order valence-electron chi connectivity index (χ0n) is 12.3. The Labute approximate surface area is 131 Å². The van der Waals surface area contributed by atoms with Crippen molar-refractivity contribution in [1.29, 1.82) is 0 Å². The van der Waals surface area contributed by atoms with E-state index < -0.39 is 11.2 Å². The SMILES string of the molecule is O=C1c2ccccc2C(=O)N1CCCCn1ccc(=O)[nH]c1=O. The molecule has 0 saturated heterocycles. The number of aryl methyl sites for hydroxylation is 1. The first-order chi connectivity index (χ1) is 11.1. The van der Waals surface area contributed by atoms with Crippen molar-refractivity contribution in [1.82, 2.24) is 14.5 Å². The summed E-state index contributed by atoms with van der Waals surface area (Å²) >= 11 is 0. The lowest BCUT2D eigenvalue weighted by Gasteiger charge is -2.13. The fraction of sp³-hybridized carbons (Fsp3) is 0.250. The van der Waals surface area contributed by atoms with Gasteiger partial charge in [-0.05, 0) is 25.0 Å². The summed E-state index contributed by atoms with van der Waals surface area (Å²) in [5, 5.41) is 0. The van der Waals surface area contributed by atoms with Crippen molar-refractivity contribution in [3.63, 3.8) is 0 Å². The van der Waals surface area contributed by atoms with Crippen LogP contribution in [-0.4, -0.2) is 32.8 Å². The van der Waals surface area contributed by atoms with Crippen molar-refractivity contribution in [2.24, 2.45) is 0 Å². The zero-order valence-corrected chi connectivity index (χ0v) is 12.3. The molecule has 7 nitrogen and oxygen atoms in total. The highest BCUT2D eigenvalue weighted by Gasteiger charge is 2.34. The van der Waals surface area contributed by atoms with Crippen LogP contribution in [0.2, 0.25) is 0 Å². The van der Waals surface area contributed by atoms with Gasteiger partial charge in [0.1, 0.15) is 0 Å². The van der Waals surface area contributed by atoms with E-state index in [9.17, 15) is 19.2 Å². The lowest BCUT2D eigenvalue weighted by atomic mass is 10.1. The van der Waals surface area contributed by atoms with Crippen molar-refractivity contribution < 1.29 is 9.59 Å². The van der Waals surface area contributed by atoms with Crippen molar-refractivity contribution in [3.8, 4) is 0 Å². The van der Waals surface area contributed by atoms with Crippen LogP contribution in [0.3, 0.4) is 0 Å². The van der Waals surface area contributed by atoms with Gasteiger partial charge < -0.3 is 4.57 Å². The Balaban J connectivity index is 1.58. The molecule has 0 atom stereocenters. The Morgan fingerprint density at radius 2 is 1.43 bits per heavy atom. The van der Waals surface area contributed by atoms with Crippen molar-refractivity contribution >= 4 is 11.8 Å². The molecule has 0 saturated carbocycles. The maximum atomic E-state index is 12.2. The molecule has 23 heavy (non-hydrogen) atoms. The highest BCUT2D eigenvalue weighted by molar-refractivity contribution is 6.21. The van der Waals surface area contributed by atoms with Gasteiger partial charge in [0, 0.05) is 25.4 Å². The summed E-state index contributed by atoms with van der Waals surface area (Å²) < 4.78 is 1.39. The number of hydrogen-bond acceptors (Lipinski definition) is 4. The Hall–Kier alpha value is -2.96. The number of amides is 2. The fourth-order valence-corrected chi connectivity index (χ4v) is 2.61. The molecule has 0 bridgehead atoms. The Morgan fingerprint density at radius 3 is 2.04 bits per heavy atom. The Kier molecular flexibility index (Phi) is 3.92. The van der Waals surface area contributed by atoms with E-state index in [4.69, 9.17) is 0 Å². The van der Waals surface area contributed by atoms with Gasteiger partial charge in [0.2, 0.25) is 0 Å². The quantitative estimate of drug-likeness (QED) is 0.647.